The topological polar surface area (TPSA) is 0 Å². The normalized spacial score (nSPS) is 11.8. The van der Waals surface area contributed by atoms with Gasteiger partial charge in [-0.3, -0.25) is 0 Å². The van der Waals surface area contributed by atoms with Crippen LogP contribution in [-0.2, 0) is 0 Å². The van der Waals surface area contributed by atoms with Crippen LogP contribution in [0.3, 0.4) is 0 Å². The molecule has 0 unspecified atom stereocenters. The largest absolute Gasteiger partial charge is 0.0616 e. The summed E-state index contributed by atoms with van der Waals surface area (Å²) in [6, 6.07) is 89.8. The van der Waals surface area contributed by atoms with Crippen LogP contribution in [0.1, 0.15) is 0 Å². The Kier molecular flexibility index (Phi) is 8.32. The highest BCUT2D eigenvalue weighted by Gasteiger charge is 2.13. The smallest absolute Gasteiger partial charge is 0.00988 e. The first kappa shape index (κ1) is 36.3. The molecule has 0 amide bonds. The lowest BCUT2D eigenvalue weighted by Gasteiger charge is -2.13. The van der Waals surface area contributed by atoms with Gasteiger partial charge in [0.25, 0.3) is 0 Å². The minimum Gasteiger partial charge on any atom is -0.0616 e. The number of hydrogen-bond acceptors (Lipinski definition) is 0. The van der Waals surface area contributed by atoms with Crippen LogP contribution >= 0.6 is 0 Å². The fourth-order valence-corrected chi connectivity index (χ4v) is 10.4. The fourth-order valence-electron chi connectivity index (χ4n) is 10.4. The van der Waals surface area contributed by atoms with Crippen LogP contribution in [0.25, 0.3) is 131 Å². The monoisotopic (exact) mass is 808 g/mol. The van der Waals surface area contributed by atoms with Gasteiger partial charge in [0.05, 0.1) is 0 Å². The summed E-state index contributed by atoms with van der Waals surface area (Å²) >= 11 is 0. The molecule has 13 rings (SSSR count). The molecule has 296 valence electrons. The number of fused-ring (bicyclic) bond motifs is 11. The molecule has 0 aromatic heterocycles. The Bertz CT molecular complexity index is 4000. The second-order valence-corrected chi connectivity index (χ2v) is 17.2. The maximum Gasteiger partial charge on any atom is -0.00988 e. The first-order chi connectivity index (χ1) is 31.7. The molecule has 0 nitrogen and oxygen atoms in total. The van der Waals surface area contributed by atoms with Crippen LogP contribution in [-0.4, -0.2) is 0 Å². The third-order valence-electron chi connectivity index (χ3n) is 13.6. The van der Waals surface area contributed by atoms with E-state index in [1.807, 2.05) is 0 Å². The molecule has 0 spiro atoms. The SMILES string of the molecule is c1cc(-c2ccc(-c3ccc4c(ccc5c6ccc(-c7cccc(-c8cc9ccccc9c9ccccc89)c7)cc6ccc45)c3)cc2)cc(-c2cc3ccccc3c3ccccc23)c1. The van der Waals surface area contributed by atoms with Gasteiger partial charge < -0.3 is 0 Å². The van der Waals surface area contributed by atoms with E-state index in [-0.39, 0.29) is 0 Å². The van der Waals surface area contributed by atoms with Gasteiger partial charge in [-0.25, -0.2) is 0 Å². The van der Waals surface area contributed by atoms with Crippen LogP contribution in [0.2, 0.25) is 0 Å². The molecular weight excluding hydrogens is 769 g/mol. The van der Waals surface area contributed by atoms with Crippen molar-refractivity contribution in [3.63, 3.8) is 0 Å². The molecule has 64 heavy (non-hydrogen) atoms. The summed E-state index contributed by atoms with van der Waals surface area (Å²) in [4.78, 5) is 0. The van der Waals surface area contributed by atoms with Crippen molar-refractivity contribution >= 4 is 75.4 Å². The van der Waals surface area contributed by atoms with Crippen molar-refractivity contribution in [1.29, 1.82) is 0 Å². The lowest BCUT2D eigenvalue weighted by atomic mass is 9.91. The predicted octanol–water partition coefficient (Wildman–Crippen LogP) is 18.1. The van der Waals surface area contributed by atoms with Gasteiger partial charge in [0, 0.05) is 0 Å². The molecule has 0 aliphatic heterocycles. The Hall–Kier alpha value is -8.32. The molecule has 0 saturated heterocycles. The van der Waals surface area contributed by atoms with E-state index in [0.717, 1.165) is 0 Å². The lowest BCUT2D eigenvalue weighted by molar-refractivity contribution is 1.59. The summed E-state index contributed by atoms with van der Waals surface area (Å²) in [6.07, 6.45) is 0. The second-order valence-electron chi connectivity index (χ2n) is 17.2. The third kappa shape index (κ3) is 5.99. The van der Waals surface area contributed by atoms with Crippen molar-refractivity contribution in [2.24, 2.45) is 0 Å². The summed E-state index contributed by atoms with van der Waals surface area (Å²) in [6.45, 7) is 0. The summed E-state index contributed by atoms with van der Waals surface area (Å²) < 4.78 is 0. The van der Waals surface area contributed by atoms with E-state index < -0.39 is 0 Å². The van der Waals surface area contributed by atoms with Gasteiger partial charge in [0.2, 0.25) is 0 Å². The van der Waals surface area contributed by atoms with Gasteiger partial charge in [-0.1, -0.05) is 206 Å². The highest BCUT2D eigenvalue weighted by atomic mass is 14.2. The molecule has 0 heteroatoms. The van der Waals surface area contributed by atoms with Gasteiger partial charge in [-0.05, 0) is 167 Å². The average Bonchev–Trinajstić information content (AvgIpc) is 3.37. The minimum atomic E-state index is 1.21. The molecular formula is C64H40. The van der Waals surface area contributed by atoms with Gasteiger partial charge in [0.1, 0.15) is 0 Å². The predicted molar refractivity (Wildman–Crippen MR) is 276 cm³/mol. The molecule has 13 aromatic rings. The van der Waals surface area contributed by atoms with Crippen molar-refractivity contribution in [2.75, 3.05) is 0 Å². The van der Waals surface area contributed by atoms with E-state index in [1.54, 1.807) is 0 Å². The van der Waals surface area contributed by atoms with E-state index in [2.05, 4.69) is 243 Å². The van der Waals surface area contributed by atoms with Crippen LogP contribution in [0, 0.1) is 0 Å². The standard InChI is InChI=1S/C64H40/c1-3-17-53-49(11-1)39-63(59-21-7-5-19-57(53)59)47-15-9-13-43(35-47)41-23-25-42(26-24-41)45-27-31-55-51(37-45)29-33-62-56-32-28-46(38-52(56)30-34-61(55)62)44-14-10-16-48(36-44)64-40-50-12-2-4-18-54(50)58-20-6-8-22-60(58)64/h1-40H. The zero-order valence-corrected chi connectivity index (χ0v) is 35.1. The van der Waals surface area contributed by atoms with Crippen LogP contribution in [0.15, 0.2) is 243 Å². The zero-order valence-electron chi connectivity index (χ0n) is 35.1. The van der Waals surface area contributed by atoms with Crippen LogP contribution < -0.4 is 0 Å². The molecule has 0 N–H and O–H groups in total. The molecule has 0 fully saturated rings. The molecule has 0 heterocycles. The van der Waals surface area contributed by atoms with E-state index >= 15 is 0 Å². The van der Waals surface area contributed by atoms with E-state index in [9.17, 15) is 0 Å². The number of rotatable bonds is 5. The maximum atomic E-state index is 2.35. The van der Waals surface area contributed by atoms with Crippen molar-refractivity contribution in [3.8, 4) is 55.6 Å². The summed E-state index contributed by atoms with van der Waals surface area (Å²) in [5.41, 5.74) is 12.3. The van der Waals surface area contributed by atoms with E-state index in [0.29, 0.717) is 0 Å². The minimum absolute atomic E-state index is 1.21. The fraction of sp³-hybridized carbons (Fsp3) is 0. The highest BCUT2D eigenvalue weighted by molar-refractivity contribution is 6.19. The summed E-state index contributed by atoms with van der Waals surface area (Å²) in [5.74, 6) is 0. The molecule has 0 radical (unpaired) electrons. The Morgan fingerprint density at radius 2 is 0.438 bits per heavy atom. The Labute approximate surface area is 371 Å². The average molecular weight is 809 g/mol. The van der Waals surface area contributed by atoms with Crippen molar-refractivity contribution in [2.45, 2.75) is 0 Å². The lowest BCUT2D eigenvalue weighted by Crippen LogP contribution is -1.87. The quantitative estimate of drug-likeness (QED) is 0.152. The van der Waals surface area contributed by atoms with Gasteiger partial charge in [0.15, 0.2) is 0 Å². The van der Waals surface area contributed by atoms with Crippen molar-refractivity contribution in [1.82, 2.24) is 0 Å². The van der Waals surface area contributed by atoms with Crippen molar-refractivity contribution in [3.05, 3.63) is 243 Å². The van der Waals surface area contributed by atoms with E-state index in [1.165, 1.54) is 131 Å². The van der Waals surface area contributed by atoms with E-state index in [4.69, 9.17) is 0 Å². The molecule has 0 aliphatic carbocycles. The Morgan fingerprint density at radius 1 is 0.141 bits per heavy atom. The highest BCUT2D eigenvalue weighted by Crippen LogP contribution is 2.40. The van der Waals surface area contributed by atoms with Crippen LogP contribution in [0.4, 0.5) is 0 Å². The van der Waals surface area contributed by atoms with Crippen molar-refractivity contribution < 1.29 is 0 Å². The molecule has 0 saturated carbocycles. The zero-order chi connectivity index (χ0) is 42.1. The molecule has 0 bridgehead atoms. The molecule has 0 atom stereocenters. The first-order valence-corrected chi connectivity index (χ1v) is 22.2. The third-order valence-corrected chi connectivity index (χ3v) is 13.6. The first-order valence-electron chi connectivity index (χ1n) is 22.2. The summed E-state index contributed by atoms with van der Waals surface area (Å²) in [7, 11) is 0. The van der Waals surface area contributed by atoms with Gasteiger partial charge in [-0.15, -0.1) is 0 Å². The maximum absolute atomic E-state index is 2.35. The summed E-state index contributed by atoms with van der Waals surface area (Å²) in [5, 5.41) is 17.9. The molecule has 13 aromatic carbocycles. The van der Waals surface area contributed by atoms with Crippen LogP contribution in [0.5, 0.6) is 0 Å². The molecule has 0 aliphatic rings. The van der Waals surface area contributed by atoms with Gasteiger partial charge >= 0.3 is 0 Å². The van der Waals surface area contributed by atoms with Gasteiger partial charge in [-0.2, -0.15) is 0 Å². The Morgan fingerprint density at radius 3 is 0.922 bits per heavy atom. The second kappa shape index (κ2) is 14.7. The number of hydrogen-bond donors (Lipinski definition) is 0. The Balaban J connectivity index is 0.803. The number of benzene rings is 13.